The van der Waals surface area contributed by atoms with Crippen molar-refractivity contribution in [1.82, 2.24) is 4.98 Å². The maximum Gasteiger partial charge on any atom is 0.0300 e. The minimum atomic E-state index is 0.179. The first-order chi connectivity index (χ1) is 5.75. The molecule has 0 aliphatic rings. The van der Waals surface area contributed by atoms with Crippen molar-refractivity contribution in [3.05, 3.63) is 29.6 Å². The summed E-state index contributed by atoms with van der Waals surface area (Å²) < 4.78 is 0. The first-order valence-corrected chi connectivity index (χ1v) is 4.41. The number of rotatable bonds is 3. The van der Waals surface area contributed by atoms with Gasteiger partial charge in [-0.05, 0) is 30.5 Å². The molecule has 1 aromatic heterocycles. The zero-order valence-corrected chi connectivity index (χ0v) is 7.75. The van der Waals surface area contributed by atoms with Gasteiger partial charge in [-0.15, -0.1) is 0 Å². The van der Waals surface area contributed by atoms with Gasteiger partial charge in [0.15, 0.2) is 0 Å². The minimum Gasteiger partial charge on any atom is -0.324 e. The minimum absolute atomic E-state index is 0.179. The van der Waals surface area contributed by atoms with Crippen LogP contribution in [-0.4, -0.2) is 4.98 Å². The number of aromatic nitrogens is 1. The van der Waals surface area contributed by atoms with Crippen LogP contribution >= 0.6 is 0 Å². The Labute approximate surface area is 73.8 Å². The van der Waals surface area contributed by atoms with E-state index in [0.717, 1.165) is 12.8 Å². The molecular weight excluding hydrogens is 148 g/mol. The third-order valence-corrected chi connectivity index (χ3v) is 2.06. The third-order valence-electron chi connectivity index (χ3n) is 2.06. The molecule has 66 valence electrons. The normalized spacial score (nSPS) is 12.9. The maximum absolute atomic E-state index is 5.98. The van der Waals surface area contributed by atoms with Crippen molar-refractivity contribution in [1.29, 1.82) is 0 Å². The summed E-state index contributed by atoms with van der Waals surface area (Å²) in [5.41, 5.74) is 8.40. The molecule has 2 N–H and O–H groups in total. The summed E-state index contributed by atoms with van der Waals surface area (Å²) >= 11 is 0. The molecule has 0 unspecified atom stereocenters. The molecule has 0 amide bonds. The van der Waals surface area contributed by atoms with Gasteiger partial charge < -0.3 is 5.73 Å². The number of nitrogens with zero attached hydrogens (tertiary/aromatic N) is 1. The molecule has 1 atom stereocenters. The number of hydrogen-bond acceptors (Lipinski definition) is 2. The van der Waals surface area contributed by atoms with Crippen LogP contribution < -0.4 is 5.73 Å². The lowest BCUT2D eigenvalue weighted by molar-refractivity contribution is 0.634. The highest BCUT2D eigenvalue weighted by Gasteiger charge is 2.06. The summed E-state index contributed by atoms with van der Waals surface area (Å²) in [6, 6.07) is 2.19. The molecule has 2 nitrogen and oxygen atoms in total. The van der Waals surface area contributed by atoms with Crippen LogP contribution in [0.1, 0.15) is 36.9 Å². The molecule has 0 saturated carbocycles. The van der Waals surface area contributed by atoms with Crippen molar-refractivity contribution >= 4 is 0 Å². The molecule has 2 heteroatoms. The van der Waals surface area contributed by atoms with Crippen LogP contribution in [0.2, 0.25) is 0 Å². The fourth-order valence-electron chi connectivity index (χ4n) is 1.37. The van der Waals surface area contributed by atoms with E-state index in [1.807, 2.05) is 12.3 Å². The summed E-state index contributed by atoms with van der Waals surface area (Å²) in [5, 5.41) is 0. The highest BCUT2D eigenvalue weighted by atomic mass is 14.7. The van der Waals surface area contributed by atoms with E-state index in [9.17, 15) is 0 Å². The summed E-state index contributed by atoms with van der Waals surface area (Å²) in [7, 11) is 0. The Morgan fingerprint density at radius 1 is 1.58 bits per heavy atom. The molecule has 12 heavy (non-hydrogen) atoms. The van der Waals surface area contributed by atoms with E-state index in [1.54, 1.807) is 6.20 Å². The van der Waals surface area contributed by atoms with Gasteiger partial charge in [-0.2, -0.15) is 0 Å². The Morgan fingerprint density at radius 2 is 2.33 bits per heavy atom. The van der Waals surface area contributed by atoms with E-state index in [2.05, 4.69) is 18.8 Å². The van der Waals surface area contributed by atoms with Crippen LogP contribution in [0.5, 0.6) is 0 Å². The molecule has 0 aliphatic carbocycles. The number of aryl methyl sites for hydroxylation is 1. The first kappa shape index (κ1) is 9.20. The average Bonchev–Trinajstić information content (AvgIpc) is 2.05. The predicted molar refractivity (Wildman–Crippen MR) is 50.8 cm³/mol. The molecule has 1 aromatic rings. The average molecular weight is 164 g/mol. The van der Waals surface area contributed by atoms with E-state index in [4.69, 9.17) is 5.73 Å². The maximum atomic E-state index is 5.98. The lowest BCUT2D eigenvalue weighted by Crippen LogP contribution is -2.11. The van der Waals surface area contributed by atoms with Crippen molar-refractivity contribution in [2.75, 3.05) is 0 Å². The summed E-state index contributed by atoms with van der Waals surface area (Å²) in [4.78, 5) is 4.03. The smallest absolute Gasteiger partial charge is 0.0300 e. The van der Waals surface area contributed by atoms with Crippen LogP contribution in [0, 0.1) is 6.92 Å². The number of hydrogen-bond donors (Lipinski definition) is 1. The molecule has 0 bridgehead atoms. The van der Waals surface area contributed by atoms with Crippen molar-refractivity contribution in [2.24, 2.45) is 5.73 Å². The van der Waals surface area contributed by atoms with Crippen molar-refractivity contribution in [2.45, 2.75) is 32.7 Å². The fourth-order valence-corrected chi connectivity index (χ4v) is 1.37. The van der Waals surface area contributed by atoms with Crippen LogP contribution in [0.4, 0.5) is 0 Å². The highest BCUT2D eigenvalue weighted by molar-refractivity contribution is 5.24. The van der Waals surface area contributed by atoms with Crippen molar-refractivity contribution in [3.8, 4) is 0 Å². The van der Waals surface area contributed by atoms with Crippen LogP contribution in [-0.2, 0) is 0 Å². The Morgan fingerprint density at radius 3 is 2.92 bits per heavy atom. The van der Waals surface area contributed by atoms with E-state index < -0.39 is 0 Å². The van der Waals surface area contributed by atoms with Crippen LogP contribution in [0.15, 0.2) is 18.5 Å². The SMILES string of the molecule is CCC[C@H](N)c1ccncc1C. The quantitative estimate of drug-likeness (QED) is 0.743. The van der Waals surface area contributed by atoms with Gasteiger partial charge in [0.2, 0.25) is 0 Å². The first-order valence-electron chi connectivity index (χ1n) is 4.41. The Balaban J connectivity index is 2.79. The molecule has 1 rings (SSSR count). The largest absolute Gasteiger partial charge is 0.324 e. The lowest BCUT2D eigenvalue weighted by Gasteiger charge is -2.12. The van der Waals surface area contributed by atoms with Gasteiger partial charge >= 0.3 is 0 Å². The van der Waals surface area contributed by atoms with E-state index in [0.29, 0.717) is 0 Å². The van der Waals surface area contributed by atoms with Crippen LogP contribution in [0.3, 0.4) is 0 Å². The van der Waals surface area contributed by atoms with E-state index in [-0.39, 0.29) is 6.04 Å². The van der Waals surface area contributed by atoms with Gasteiger partial charge in [0, 0.05) is 18.4 Å². The second-order valence-corrected chi connectivity index (χ2v) is 3.13. The molecular formula is C10H16N2. The monoisotopic (exact) mass is 164 g/mol. The summed E-state index contributed by atoms with van der Waals surface area (Å²) in [5.74, 6) is 0. The third kappa shape index (κ3) is 2.05. The fraction of sp³-hybridized carbons (Fsp3) is 0.500. The number of nitrogens with two attached hydrogens (primary N) is 1. The summed E-state index contributed by atoms with van der Waals surface area (Å²) in [6.45, 7) is 4.20. The summed E-state index contributed by atoms with van der Waals surface area (Å²) in [6.07, 6.45) is 5.84. The Kier molecular flexibility index (Phi) is 3.23. The van der Waals surface area contributed by atoms with Gasteiger partial charge in [0.1, 0.15) is 0 Å². The Hall–Kier alpha value is -0.890. The zero-order chi connectivity index (χ0) is 8.97. The van der Waals surface area contributed by atoms with Gasteiger partial charge in [0.05, 0.1) is 0 Å². The lowest BCUT2D eigenvalue weighted by atomic mass is 10.0. The molecule has 1 heterocycles. The van der Waals surface area contributed by atoms with Crippen LogP contribution in [0.25, 0.3) is 0 Å². The predicted octanol–water partition coefficient (Wildman–Crippen LogP) is 2.19. The van der Waals surface area contributed by atoms with Gasteiger partial charge in [-0.3, -0.25) is 4.98 Å². The van der Waals surface area contributed by atoms with E-state index >= 15 is 0 Å². The van der Waals surface area contributed by atoms with Crippen molar-refractivity contribution in [3.63, 3.8) is 0 Å². The molecule has 0 aliphatic heterocycles. The molecule has 0 aromatic carbocycles. The van der Waals surface area contributed by atoms with Gasteiger partial charge in [-0.1, -0.05) is 13.3 Å². The molecule has 0 spiro atoms. The number of pyridine rings is 1. The molecule has 0 fully saturated rings. The van der Waals surface area contributed by atoms with Crippen molar-refractivity contribution < 1.29 is 0 Å². The second kappa shape index (κ2) is 4.21. The standard InChI is InChI=1S/C10H16N2/c1-3-4-10(11)9-5-6-12-7-8(9)2/h5-7,10H,3-4,11H2,1-2H3/t10-/m0/s1. The molecule has 0 radical (unpaired) electrons. The molecule has 0 saturated heterocycles. The Bertz CT molecular complexity index is 245. The zero-order valence-electron chi connectivity index (χ0n) is 7.75. The van der Waals surface area contributed by atoms with E-state index in [1.165, 1.54) is 11.1 Å². The van der Waals surface area contributed by atoms with Gasteiger partial charge in [0.25, 0.3) is 0 Å². The second-order valence-electron chi connectivity index (χ2n) is 3.13. The van der Waals surface area contributed by atoms with Gasteiger partial charge in [-0.25, -0.2) is 0 Å². The highest BCUT2D eigenvalue weighted by Crippen LogP contribution is 2.17. The topological polar surface area (TPSA) is 38.9 Å².